The Hall–Kier alpha value is -1.53. The molecule has 19 heavy (non-hydrogen) atoms. The van der Waals surface area contributed by atoms with Crippen LogP contribution in [0.2, 0.25) is 0 Å². The predicted octanol–water partition coefficient (Wildman–Crippen LogP) is 3.10. The molecular weight excluding hydrogens is 234 g/mol. The molecule has 0 amide bonds. The van der Waals surface area contributed by atoms with Crippen molar-refractivity contribution in [1.82, 2.24) is 5.32 Å². The molecule has 1 rings (SSSR count). The Morgan fingerprint density at radius 1 is 1.42 bits per heavy atom. The second kappa shape index (κ2) is 6.58. The van der Waals surface area contributed by atoms with E-state index in [0.717, 1.165) is 6.54 Å². The number of nitrogens with one attached hydrogen (secondary N) is 1. The van der Waals surface area contributed by atoms with Crippen molar-refractivity contribution < 1.29 is 0 Å². The summed E-state index contributed by atoms with van der Waals surface area (Å²) < 4.78 is 0. The minimum absolute atomic E-state index is 0.292. The summed E-state index contributed by atoms with van der Waals surface area (Å²) in [5.74, 6) is 0. The predicted molar refractivity (Wildman–Crippen MR) is 81.4 cm³/mol. The zero-order chi connectivity index (χ0) is 14.5. The Morgan fingerprint density at radius 3 is 2.58 bits per heavy atom. The molecule has 0 heterocycles. The van der Waals surface area contributed by atoms with Gasteiger partial charge in [0.1, 0.15) is 5.54 Å². The fraction of sp³-hybridized carbons (Fsp3) is 0.562. The molecule has 0 aliphatic heterocycles. The van der Waals surface area contributed by atoms with Crippen molar-refractivity contribution in [3.05, 3.63) is 29.8 Å². The molecule has 3 heteroatoms. The fourth-order valence-corrected chi connectivity index (χ4v) is 2.34. The summed E-state index contributed by atoms with van der Waals surface area (Å²) >= 11 is 0. The van der Waals surface area contributed by atoms with Crippen LogP contribution in [0.25, 0.3) is 0 Å². The van der Waals surface area contributed by atoms with E-state index in [0.29, 0.717) is 12.6 Å². The minimum atomic E-state index is -0.534. The number of nitrogens with zero attached hydrogens (tertiary/aromatic N) is 2. The Balaban J connectivity index is 2.90. The maximum atomic E-state index is 9.44. The fourth-order valence-electron chi connectivity index (χ4n) is 2.34. The third-order valence-electron chi connectivity index (χ3n) is 3.11. The van der Waals surface area contributed by atoms with Crippen molar-refractivity contribution >= 4 is 5.69 Å². The number of hydrogen-bond donors (Lipinski definition) is 1. The smallest absolute Gasteiger partial charge is 0.121 e. The molecule has 0 saturated carbocycles. The number of hydrogen-bond acceptors (Lipinski definition) is 3. The van der Waals surface area contributed by atoms with Crippen molar-refractivity contribution in [2.24, 2.45) is 0 Å². The van der Waals surface area contributed by atoms with Crippen molar-refractivity contribution in [3.63, 3.8) is 0 Å². The Morgan fingerprint density at radius 2 is 2.11 bits per heavy atom. The van der Waals surface area contributed by atoms with Crippen molar-refractivity contribution in [3.8, 4) is 6.07 Å². The molecule has 1 N–H and O–H groups in total. The van der Waals surface area contributed by atoms with Crippen molar-refractivity contribution in [2.75, 3.05) is 18.0 Å². The summed E-state index contributed by atoms with van der Waals surface area (Å²) in [5.41, 5.74) is 1.88. The summed E-state index contributed by atoms with van der Waals surface area (Å²) in [5, 5.41) is 12.8. The molecule has 0 bridgehead atoms. The van der Waals surface area contributed by atoms with E-state index in [-0.39, 0.29) is 0 Å². The van der Waals surface area contributed by atoms with Crippen LogP contribution in [0.1, 0.15) is 33.3 Å². The molecule has 0 aliphatic carbocycles. The third kappa shape index (κ3) is 4.57. The topological polar surface area (TPSA) is 39.1 Å². The van der Waals surface area contributed by atoms with Gasteiger partial charge in [-0.2, -0.15) is 5.26 Å². The normalized spacial score (nSPS) is 13.9. The molecule has 0 aliphatic rings. The van der Waals surface area contributed by atoms with Gasteiger partial charge in [0.15, 0.2) is 0 Å². The second-order valence-electron chi connectivity index (χ2n) is 5.60. The largest absolute Gasteiger partial charge is 0.369 e. The summed E-state index contributed by atoms with van der Waals surface area (Å²) in [7, 11) is 0. The molecule has 0 fully saturated rings. The van der Waals surface area contributed by atoms with Crippen molar-refractivity contribution in [2.45, 2.75) is 46.2 Å². The maximum absolute atomic E-state index is 9.44. The Labute approximate surface area is 117 Å². The summed E-state index contributed by atoms with van der Waals surface area (Å²) in [6.07, 6.45) is 0. The molecule has 0 spiro atoms. The average molecular weight is 259 g/mol. The lowest BCUT2D eigenvalue weighted by Crippen LogP contribution is -2.53. The lowest BCUT2D eigenvalue weighted by atomic mass is 10.0. The standard InChI is InChI=1S/C16H25N3/c1-6-19(15-9-7-8-14(4)10-15)12-16(5,11-17)18-13(2)3/h7-10,13,18H,6,12H2,1-5H3. The van der Waals surface area contributed by atoms with Crippen LogP contribution in [0.15, 0.2) is 24.3 Å². The number of likely N-dealkylation sites (N-methyl/N-ethyl adjacent to an activating group) is 1. The zero-order valence-corrected chi connectivity index (χ0v) is 12.7. The molecule has 1 aromatic carbocycles. The van der Waals surface area contributed by atoms with Crippen molar-refractivity contribution in [1.29, 1.82) is 5.26 Å². The first-order valence-corrected chi connectivity index (χ1v) is 6.91. The SMILES string of the molecule is CCN(CC(C)(C#N)NC(C)C)c1cccc(C)c1. The molecule has 0 aromatic heterocycles. The van der Waals surface area contributed by atoms with Crippen LogP contribution in [-0.4, -0.2) is 24.7 Å². The van der Waals surface area contributed by atoms with Gasteiger partial charge in [-0.3, -0.25) is 5.32 Å². The van der Waals surface area contributed by atoms with Gasteiger partial charge in [0.25, 0.3) is 0 Å². The van der Waals surface area contributed by atoms with Gasteiger partial charge in [-0.05, 0) is 52.3 Å². The van der Waals surface area contributed by atoms with Crippen LogP contribution in [0.4, 0.5) is 5.69 Å². The highest BCUT2D eigenvalue weighted by Crippen LogP contribution is 2.18. The number of benzene rings is 1. The first-order valence-electron chi connectivity index (χ1n) is 6.91. The molecule has 3 nitrogen and oxygen atoms in total. The third-order valence-corrected chi connectivity index (χ3v) is 3.11. The van der Waals surface area contributed by atoms with Gasteiger partial charge in [-0.25, -0.2) is 0 Å². The minimum Gasteiger partial charge on any atom is -0.369 e. The lowest BCUT2D eigenvalue weighted by Gasteiger charge is -2.33. The number of anilines is 1. The Kier molecular flexibility index (Phi) is 5.38. The molecule has 0 saturated heterocycles. The van der Waals surface area contributed by atoms with Gasteiger partial charge in [0.05, 0.1) is 6.07 Å². The molecule has 1 aromatic rings. The summed E-state index contributed by atoms with van der Waals surface area (Å²) in [6.45, 7) is 11.9. The molecular formula is C16H25N3. The molecule has 0 radical (unpaired) electrons. The van der Waals surface area contributed by atoms with E-state index < -0.39 is 5.54 Å². The van der Waals surface area contributed by atoms with Crippen LogP contribution >= 0.6 is 0 Å². The van der Waals surface area contributed by atoms with Gasteiger partial charge < -0.3 is 4.90 Å². The van der Waals surface area contributed by atoms with Crippen LogP contribution in [0.3, 0.4) is 0 Å². The van der Waals surface area contributed by atoms with Crippen LogP contribution in [-0.2, 0) is 0 Å². The van der Waals surface area contributed by atoms with E-state index in [4.69, 9.17) is 0 Å². The van der Waals surface area contributed by atoms with Crippen LogP contribution in [0, 0.1) is 18.3 Å². The monoisotopic (exact) mass is 259 g/mol. The quantitative estimate of drug-likeness (QED) is 0.853. The van der Waals surface area contributed by atoms with E-state index in [1.165, 1.54) is 11.3 Å². The van der Waals surface area contributed by atoms with E-state index in [2.05, 4.69) is 68.2 Å². The highest BCUT2D eigenvalue weighted by Gasteiger charge is 2.27. The first-order chi connectivity index (χ1) is 8.90. The second-order valence-corrected chi connectivity index (χ2v) is 5.60. The van der Waals surface area contributed by atoms with E-state index in [1.807, 2.05) is 6.92 Å². The Bertz CT molecular complexity index is 448. The van der Waals surface area contributed by atoms with Gasteiger partial charge in [0, 0.05) is 24.8 Å². The van der Waals surface area contributed by atoms with Gasteiger partial charge in [-0.1, -0.05) is 12.1 Å². The first kappa shape index (κ1) is 15.5. The number of rotatable bonds is 6. The van der Waals surface area contributed by atoms with E-state index in [9.17, 15) is 5.26 Å². The van der Waals surface area contributed by atoms with Crippen LogP contribution < -0.4 is 10.2 Å². The molecule has 1 unspecified atom stereocenters. The highest BCUT2D eigenvalue weighted by molar-refractivity contribution is 5.49. The summed E-state index contributed by atoms with van der Waals surface area (Å²) in [4.78, 5) is 2.24. The molecule has 1 atom stereocenters. The van der Waals surface area contributed by atoms with Gasteiger partial charge >= 0.3 is 0 Å². The number of nitriles is 1. The van der Waals surface area contributed by atoms with E-state index >= 15 is 0 Å². The van der Waals surface area contributed by atoms with Gasteiger partial charge in [-0.15, -0.1) is 0 Å². The van der Waals surface area contributed by atoms with Gasteiger partial charge in [0.2, 0.25) is 0 Å². The van der Waals surface area contributed by atoms with E-state index in [1.54, 1.807) is 0 Å². The zero-order valence-electron chi connectivity index (χ0n) is 12.7. The maximum Gasteiger partial charge on any atom is 0.121 e. The molecule has 104 valence electrons. The lowest BCUT2D eigenvalue weighted by molar-refractivity contribution is 0.404. The number of aryl methyl sites for hydroxylation is 1. The average Bonchev–Trinajstić information content (AvgIpc) is 2.35. The highest BCUT2D eigenvalue weighted by atomic mass is 15.2. The van der Waals surface area contributed by atoms with Crippen LogP contribution in [0.5, 0.6) is 0 Å². The summed E-state index contributed by atoms with van der Waals surface area (Å²) in [6, 6.07) is 11.1.